The average Bonchev–Trinajstić information content (AvgIpc) is 3.12. The zero-order valence-electron chi connectivity index (χ0n) is 11.9. The third-order valence-electron chi connectivity index (χ3n) is 4.03. The Morgan fingerprint density at radius 3 is 2.84 bits per heavy atom. The summed E-state index contributed by atoms with van der Waals surface area (Å²) in [5, 5.41) is 0. The van der Waals surface area contributed by atoms with E-state index >= 15 is 0 Å². The van der Waals surface area contributed by atoms with Gasteiger partial charge in [-0.05, 0) is 42.7 Å². The molecule has 0 spiro atoms. The van der Waals surface area contributed by atoms with Crippen molar-refractivity contribution in [3.8, 4) is 5.88 Å². The molecule has 1 saturated heterocycles. The topological polar surface area (TPSA) is 51.4 Å². The molecule has 0 radical (unpaired) electrons. The second kappa shape index (κ2) is 4.58. The Morgan fingerprint density at radius 2 is 2.21 bits per heavy atom. The van der Waals surface area contributed by atoms with Crippen LogP contribution < -0.4 is 15.4 Å². The molecule has 19 heavy (non-hydrogen) atoms. The van der Waals surface area contributed by atoms with E-state index in [1.165, 1.54) is 19.3 Å². The molecule has 1 aliphatic carbocycles. The standard InChI is InChI=1S/C15H23N3O/c1-15(2)7-8-18(10-15)13-6-5-12(16)14(17-13)19-9-11-3-4-11/h5-6,11H,3-4,7-10,16H2,1-2H3. The third-order valence-corrected chi connectivity index (χ3v) is 4.03. The zero-order chi connectivity index (χ0) is 13.5. The van der Waals surface area contributed by atoms with Crippen LogP contribution in [0.25, 0.3) is 0 Å². The summed E-state index contributed by atoms with van der Waals surface area (Å²) in [5.74, 6) is 2.32. The molecule has 0 unspecified atom stereocenters. The van der Waals surface area contributed by atoms with Crippen molar-refractivity contribution in [2.24, 2.45) is 11.3 Å². The fourth-order valence-electron chi connectivity index (χ4n) is 2.52. The zero-order valence-corrected chi connectivity index (χ0v) is 11.9. The molecule has 3 rings (SSSR count). The van der Waals surface area contributed by atoms with Crippen molar-refractivity contribution >= 4 is 11.5 Å². The van der Waals surface area contributed by atoms with E-state index in [1.54, 1.807) is 0 Å². The normalized spacial score (nSPS) is 21.7. The number of ether oxygens (including phenoxy) is 1. The van der Waals surface area contributed by atoms with Crippen LogP contribution in [0.2, 0.25) is 0 Å². The van der Waals surface area contributed by atoms with E-state index in [9.17, 15) is 0 Å². The second-order valence-corrected chi connectivity index (χ2v) is 6.65. The van der Waals surface area contributed by atoms with Crippen molar-refractivity contribution in [1.29, 1.82) is 0 Å². The monoisotopic (exact) mass is 261 g/mol. The first-order valence-corrected chi connectivity index (χ1v) is 7.18. The molecule has 0 bridgehead atoms. The largest absolute Gasteiger partial charge is 0.476 e. The second-order valence-electron chi connectivity index (χ2n) is 6.65. The molecule has 2 heterocycles. The quantitative estimate of drug-likeness (QED) is 0.905. The van der Waals surface area contributed by atoms with Crippen LogP contribution in [0.15, 0.2) is 12.1 Å². The minimum Gasteiger partial charge on any atom is -0.476 e. The number of nitrogen functional groups attached to an aromatic ring is 1. The molecule has 0 atom stereocenters. The molecule has 4 heteroatoms. The van der Waals surface area contributed by atoms with Crippen molar-refractivity contribution in [2.75, 3.05) is 30.3 Å². The molecule has 2 N–H and O–H groups in total. The van der Waals surface area contributed by atoms with Gasteiger partial charge in [-0.25, -0.2) is 0 Å². The van der Waals surface area contributed by atoms with E-state index < -0.39 is 0 Å². The van der Waals surface area contributed by atoms with E-state index in [0.717, 1.165) is 31.4 Å². The van der Waals surface area contributed by atoms with E-state index in [1.807, 2.05) is 12.1 Å². The molecule has 1 aromatic heterocycles. The molecule has 1 saturated carbocycles. The van der Waals surface area contributed by atoms with Gasteiger partial charge in [-0.15, -0.1) is 0 Å². The van der Waals surface area contributed by atoms with Gasteiger partial charge in [-0.2, -0.15) is 4.98 Å². The Morgan fingerprint density at radius 1 is 1.42 bits per heavy atom. The van der Waals surface area contributed by atoms with Crippen LogP contribution in [0, 0.1) is 11.3 Å². The molecular weight excluding hydrogens is 238 g/mol. The van der Waals surface area contributed by atoms with Crippen molar-refractivity contribution < 1.29 is 4.74 Å². The van der Waals surface area contributed by atoms with Crippen LogP contribution >= 0.6 is 0 Å². The fourth-order valence-corrected chi connectivity index (χ4v) is 2.52. The third kappa shape index (κ3) is 2.94. The van der Waals surface area contributed by atoms with Gasteiger partial charge >= 0.3 is 0 Å². The number of hydrogen-bond donors (Lipinski definition) is 1. The number of anilines is 2. The Balaban J connectivity index is 1.72. The van der Waals surface area contributed by atoms with Gasteiger partial charge in [-0.3, -0.25) is 0 Å². The minimum atomic E-state index is 0.373. The minimum absolute atomic E-state index is 0.373. The van der Waals surface area contributed by atoms with Crippen molar-refractivity contribution in [1.82, 2.24) is 4.98 Å². The maximum Gasteiger partial charge on any atom is 0.239 e. The SMILES string of the molecule is CC1(C)CCN(c2ccc(N)c(OCC3CC3)n2)C1. The number of nitrogens with zero attached hydrogens (tertiary/aromatic N) is 2. The van der Waals surface area contributed by atoms with Gasteiger partial charge in [0, 0.05) is 13.1 Å². The summed E-state index contributed by atoms with van der Waals surface area (Å²) in [5.41, 5.74) is 6.96. The highest BCUT2D eigenvalue weighted by Crippen LogP contribution is 2.34. The number of hydrogen-bond acceptors (Lipinski definition) is 4. The predicted octanol–water partition coefficient (Wildman–Crippen LogP) is 2.69. The van der Waals surface area contributed by atoms with Crippen LogP contribution in [-0.2, 0) is 0 Å². The summed E-state index contributed by atoms with van der Waals surface area (Å²) in [4.78, 5) is 6.92. The van der Waals surface area contributed by atoms with Gasteiger partial charge in [0.25, 0.3) is 0 Å². The van der Waals surface area contributed by atoms with E-state index in [-0.39, 0.29) is 0 Å². The summed E-state index contributed by atoms with van der Waals surface area (Å²) in [6, 6.07) is 3.91. The maximum absolute atomic E-state index is 5.94. The first-order chi connectivity index (χ1) is 9.03. The number of aromatic nitrogens is 1. The Hall–Kier alpha value is -1.45. The highest BCUT2D eigenvalue weighted by Gasteiger charge is 2.30. The lowest BCUT2D eigenvalue weighted by atomic mass is 9.93. The Labute approximate surface area is 115 Å². The fraction of sp³-hybridized carbons (Fsp3) is 0.667. The summed E-state index contributed by atoms with van der Waals surface area (Å²) < 4.78 is 5.75. The molecule has 0 amide bonds. The van der Waals surface area contributed by atoms with Crippen LogP contribution in [0.4, 0.5) is 11.5 Å². The average molecular weight is 261 g/mol. The highest BCUT2D eigenvalue weighted by atomic mass is 16.5. The van der Waals surface area contributed by atoms with Crippen molar-refractivity contribution in [3.05, 3.63) is 12.1 Å². The Kier molecular flexibility index (Phi) is 3.03. The number of nitrogens with two attached hydrogens (primary N) is 1. The molecule has 1 aliphatic heterocycles. The predicted molar refractivity (Wildman–Crippen MR) is 77.5 cm³/mol. The van der Waals surface area contributed by atoms with Crippen LogP contribution in [0.1, 0.15) is 33.1 Å². The lowest BCUT2D eigenvalue weighted by Gasteiger charge is -2.21. The molecular formula is C15H23N3O. The maximum atomic E-state index is 5.94. The number of rotatable bonds is 4. The summed E-state index contributed by atoms with van der Waals surface area (Å²) in [6.07, 6.45) is 3.76. The first kappa shape index (κ1) is 12.6. The molecule has 0 aromatic carbocycles. The molecule has 2 fully saturated rings. The lowest BCUT2D eigenvalue weighted by Crippen LogP contribution is -2.23. The van der Waals surface area contributed by atoms with E-state index in [4.69, 9.17) is 10.5 Å². The molecule has 4 nitrogen and oxygen atoms in total. The van der Waals surface area contributed by atoms with Crippen molar-refractivity contribution in [3.63, 3.8) is 0 Å². The summed E-state index contributed by atoms with van der Waals surface area (Å²) in [7, 11) is 0. The highest BCUT2D eigenvalue weighted by molar-refractivity contribution is 5.55. The van der Waals surface area contributed by atoms with E-state index in [0.29, 0.717) is 17.0 Å². The summed E-state index contributed by atoms with van der Waals surface area (Å²) >= 11 is 0. The van der Waals surface area contributed by atoms with Crippen LogP contribution in [0.3, 0.4) is 0 Å². The molecule has 104 valence electrons. The van der Waals surface area contributed by atoms with Crippen LogP contribution in [0.5, 0.6) is 5.88 Å². The van der Waals surface area contributed by atoms with Crippen molar-refractivity contribution in [2.45, 2.75) is 33.1 Å². The summed E-state index contributed by atoms with van der Waals surface area (Å²) in [6.45, 7) is 7.47. The van der Waals surface area contributed by atoms with E-state index in [2.05, 4.69) is 23.7 Å². The van der Waals surface area contributed by atoms with Gasteiger partial charge in [0.1, 0.15) is 5.82 Å². The van der Waals surface area contributed by atoms with Gasteiger partial charge in [-0.1, -0.05) is 13.8 Å². The van der Waals surface area contributed by atoms with Gasteiger partial charge in [0.15, 0.2) is 0 Å². The first-order valence-electron chi connectivity index (χ1n) is 7.18. The van der Waals surface area contributed by atoms with Gasteiger partial charge in [0.05, 0.1) is 12.3 Å². The lowest BCUT2D eigenvalue weighted by molar-refractivity contribution is 0.290. The van der Waals surface area contributed by atoms with Gasteiger partial charge < -0.3 is 15.4 Å². The Bertz CT molecular complexity index is 468. The smallest absolute Gasteiger partial charge is 0.239 e. The van der Waals surface area contributed by atoms with Gasteiger partial charge in [0.2, 0.25) is 5.88 Å². The molecule has 2 aliphatic rings. The molecule has 1 aromatic rings. The van der Waals surface area contributed by atoms with Crippen LogP contribution in [-0.4, -0.2) is 24.7 Å². The number of pyridine rings is 1.